The Balaban J connectivity index is 2.32. The zero-order valence-corrected chi connectivity index (χ0v) is 12.9. The molecule has 0 aliphatic heterocycles. The Bertz CT molecular complexity index is 624. The summed E-state index contributed by atoms with van der Waals surface area (Å²) in [6, 6.07) is 3.70. The Labute approximate surface area is 120 Å². The number of halogens is 1. The minimum absolute atomic E-state index is 0.264. The standard InChI is InChI=1S/C14H15BrN2O2/c1-7-5-9(3)16-10(4)12(7)17-14(18)13-8(2)6-11(15)19-13/h5-6H,1-4H3,(H,17,18). The molecule has 1 N–H and O–H groups in total. The summed E-state index contributed by atoms with van der Waals surface area (Å²) in [5.74, 6) is 0.0475. The third-order valence-corrected chi connectivity index (χ3v) is 3.25. The van der Waals surface area contributed by atoms with Gasteiger partial charge in [-0.05, 0) is 61.3 Å². The third-order valence-electron chi connectivity index (χ3n) is 2.86. The molecule has 100 valence electrons. The number of hydrogen-bond donors (Lipinski definition) is 1. The van der Waals surface area contributed by atoms with E-state index in [2.05, 4.69) is 26.2 Å². The molecule has 0 saturated heterocycles. The predicted octanol–water partition coefficient (Wildman–Crippen LogP) is 3.92. The molecule has 4 nitrogen and oxygen atoms in total. The molecule has 2 aromatic rings. The van der Waals surface area contributed by atoms with Crippen LogP contribution in [-0.4, -0.2) is 10.9 Å². The summed E-state index contributed by atoms with van der Waals surface area (Å²) in [5, 5.41) is 2.86. The van der Waals surface area contributed by atoms with E-state index in [-0.39, 0.29) is 5.91 Å². The molecule has 0 spiro atoms. The number of furan rings is 1. The van der Waals surface area contributed by atoms with E-state index in [0.717, 1.165) is 28.2 Å². The van der Waals surface area contributed by atoms with E-state index >= 15 is 0 Å². The van der Waals surface area contributed by atoms with Gasteiger partial charge >= 0.3 is 0 Å². The number of carbonyl (C=O) groups excluding carboxylic acids is 1. The van der Waals surface area contributed by atoms with Crippen molar-refractivity contribution >= 4 is 27.5 Å². The molecule has 0 radical (unpaired) electrons. The number of aromatic nitrogens is 1. The molecule has 0 aliphatic carbocycles. The van der Waals surface area contributed by atoms with Crippen LogP contribution >= 0.6 is 15.9 Å². The first-order chi connectivity index (χ1) is 8.88. The van der Waals surface area contributed by atoms with Crippen molar-refractivity contribution in [3.8, 4) is 0 Å². The maximum absolute atomic E-state index is 12.2. The summed E-state index contributed by atoms with van der Waals surface area (Å²) in [6.45, 7) is 7.58. The van der Waals surface area contributed by atoms with Crippen LogP contribution in [0.15, 0.2) is 21.2 Å². The van der Waals surface area contributed by atoms with Crippen LogP contribution in [0, 0.1) is 27.7 Å². The molecule has 2 heterocycles. The van der Waals surface area contributed by atoms with Crippen molar-refractivity contribution in [1.82, 2.24) is 4.98 Å². The number of pyridine rings is 1. The molecule has 2 aromatic heterocycles. The van der Waals surface area contributed by atoms with Crippen LogP contribution < -0.4 is 5.32 Å². The molecular weight excluding hydrogens is 308 g/mol. The number of anilines is 1. The maximum Gasteiger partial charge on any atom is 0.291 e. The number of hydrogen-bond acceptors (Lipinski definition) is 3. The lowest BCUT2D eigenvalue weighted by atomic mass is 10.1. The van der Waals surface area contributed by atoms with Crippen molar-refractivity contribution in [2.24, 2.45) is 0 Å². The van der Waals surface area contributed by atoms with Gasteiger partial charge in [0, 0.05) is 11.3 Å². The minimum atomic E-state index is -0.264. The van der Waals surface area contributed by atoms with Crippen LogP contribution in [0.2, 0.25) is 0 Å². The van der Waals surface area contributed by atoms with Crippen LogP contribution in [0.25, 0.3) is 0 Å². The third kappa shape index (κ3) is 2.87. The Morgan fingerprint density at radius 1 is 1.21 bits per heavy atom. The van der Waals surface area contributed by atoms with Gasteiger partial charge in [-0.25, -0.2) is 0 Å². The maximum atomic E-state index is 12.2. The molecule has 0 aromatic carbocycles. The van der Waals surface area contributed by atoms with Gasteiger partial charge in [-0.1, -0.05) is 0 Å². The van der Waals surface area contributed by atoms with Crippen molar-refractivity contribution < 1.29 is 9.21 Å². The molecule has 0 atom stereocenters. The van der Waals surface area contributed by atoms with E-state index in [9.17, 15) is 4.79 Å². The van der Waals surface area contributed by atoms with E-state index in [1.165, 1.54) is 0 Å². The Morgan fingerprint density at radius 2 is 1.89 bits per heavy atom. The highest BCUT2D eigenvalue weighted by atomic mass is 79.9. The molecule has 0 unspecified atom stereocenters. The fourth-order valence-electron chi connectivity index (χ4n) is 2.05. The molecular formula is C14H15BrN2O2. The van der Waals surface area contributed by atoms with Gasteiger partial charge < -0.3 is 9.73 Å². The van der Waals surface area contributed by atoms with E-state index in [1.807, 2.05) is 33.8 Å². The zero-order valence-electron chi connectivity index (χ0n) is 11.3. The van der Waals surface area contributed by atoms with Gasteiger partial charge in [0.15, 0.2) is 10.4 Å². The molecule has 1 amide bonds. The monoisotopic (exact) mass is 322 g/mol. The predicted molar refractivity (Wildman–Crippen MR) is 77.5 cm³/mol. The summed E-state index contributed by atoms with van der Waals surface area (Å²) in [6.07, 6.45) is 0. The highest BCUT2D eigenvalue weighted by molar-refractivity contribution is 9.10. The molecule has 0 bridgehead atoms. The van der Waals surface area contributed by atoms with Gasteiger partial charge in [0.25, 0.3) is 5.91 Å². The average molecular weight is 323 g/mol. The largest absolute Gasteiger partial charge is 0.444 e. The van der Waals surface area contributed by atoms with Crippen molar-refractivity contribution in [1.29, 1.82) is 0 Å². The second-order valence-corrected chi connectivity index (χ2v) is 5.34. The zero-order chi connectivity index (χ0) is 14.2. The molecule has 0 fully saturated rings. The van der Waals surface area contributed by atoms with Gasteiger partial charge in [0.2, 0.25) is 0 Å². The van der Waals surface area contributed by atoms with Crippen LogP contribution in [-0.2, 0) is 0 Å². The topological polar surface area (TPSA) is 55.1 Å². The Morgan fingerprint density at radius 3 is 2.42 bits per heavy atom. The normalized spacial score (nSPS) is 10.6. The van der Waals surface area contributed by atoms with Crippen LogP contribution in [0.3, 0.4) is 0 Å². The van der Waals surface area contributed by atoms with Crippen molar-refractivity contribution in [3.05, 3.63) is 45.1 Å². The first-order valence-electron chi connectivity index (χ1n) is 5.90. The summed E-state index contributed by atoms with van der Waals surface area (Å²) >= 11 is 3.22. The number of nitrogens with zero attached hydrogens (tertiary/aromatic N) is 1. The molecule has 0 aliphatic rings. The van der Waals surface area contributed by atoms with E-state index in [1.54, 1.807) is 6.07 Å². The highest BCUT2D eigenvalue weighted by Gasteiger charge is 2.17. The fourth-order valence-corrected chi connectivity index (χ4v) is 2.56. The van der Waals surface area contributed by atoms with Crippen LogP contribution in [0.1, 0.15) is 33.1 Å². The SMILES string of the molecule is Cc1cc(C)c(NC(=O)c2oc(Br)cc2C)c(C)n1. The smallest absolute Gasteiger partial charge is 0.291 e. The van der Waals surface area contributed by atoms with Crippen molar-refractivity contribution in [2.45, 2.75) is 27.7 Å². The van der Waals surface area contributed by atoms with E-state index < -0.39 is 0 Å². The van der Waals surface area contributed by atoms with Gasteiger partial charge in [-0.2, -0.15) is 0 Å². The molecule has 0 saturated carbocycles. The molecule has 5 heteroatoms. The Hall–Kier alpha value is -1.62. The summed E-state index contributed by atoms with van der Waals surface area (Å²) in [5.41, 5.74) is 4.25. The fraction of sp³-hybridized carbons (Fsp3) is 0.286. The number of rotatable bonds is 2. The lowest BCUT2D eigenvalue weighted by Gasteiger charge is -2.11. The van der Waals surface area contributed by atoms with Crippen LogP contribution in [0.4, 0.5) is 5.69 Å². The van der Waals surface area contributed by atoms with Crippen molar-refractivity contribution in [2.75, 3.05) is 5.32 Å². The van der Waals surface area contributed by atoms with E-state index in [4.69, 9.17) is 4.42 Å². The van der Waals surface area contributed by atoms with Gasteiger partial charge in [0.1, 0.15) is 0 Å². The highest BCUT2D eigenvalue weighted by Crippen LogP contribution is 2.23. The summed E-state index contributed by atoms with van der Waals surface area (Å²) in [7, 11) is 0. The lowest BCUT2D eigenvalue weighted by molar-refractivity contribution is 0.0994. The van der Waals surface area contributed by atoms with Crippen molar-refractivity contribution in [3.63, 3.8) is 0 Å². The number of nitrogens with one attached hydrogen (secondary N) is 1. The van der Waals surface area contributed by atoms with Gasteiger partial charge in [-0.15, -0.1) is 0 Å². The number of aryl methyl sites for hydroxylation is 4. The van der Waals surface area contributed by atoms with Gasteiger partial charge in [0.05, 0.1) is 11.4 Å². The first-order valence-corrected chi connectivity index (χ1v) is 6.70. The second-order valence-electron chi connectivity index (χ2n) is 4.56. The lowest BCUT2D eigenvalue weighted by Crippen LogP contribution is -2.14. The quantitative estimate of drug-likeness (QED) is 0.911. The van der Waals surface area contributed by atoms with Crippen LogP contribution in [0.5, 0.6) is 0 Å². The molecule has 19 heavy (non-hydrogen) atoms. The summed E-state index contributed by atoms with van der Waals surface area (Å²) in [4.78, 5) is 16.5. The number of carbonyl (C=O) groups is 1. The first kappa shape index (κ1) is 13.8. The Kier molecular flexibility index (Phi) is 3.75. The summed E-state index contributed by atoms with van der Waals surface area (Å²) < 4.78 is 5.88. The van der Waals surface area contributed by atoms with Gasteiger partial charge in [-0.3, -0.25) is 9.78 Å². The van der Waals surface area contributed by atoms with E-state index in [0.29, 0.717) is 10.4 Å². The minimum Gasteiger partial charge on any atom is -0.444 e. The molecule has 2 rings (SSSR count). The average Bonchev–Trinajstić information content (AvgIpc) is 2.62. The number of amides is 1. The second kappa shape index (κ2) is 5.17.